The van der Waals surface area contributed by atoms with Crippen LogP contribution in [0.3, 0.4) is 0 Å². The van der Waals surface area contributed by atoms with E-state index in [1.54, 1.807) is 0 Å². The van der Waals surface area contributed by atoms with Crippen molar-refractivity contribution in [3.63, 3.8) is 0 Å². The third-order valence-corrected chi connectivity index (χ3v) is 2.43. The minimum Gasteiger partial charge on any atom is -0.384 e. The molecule has 9 heteroatoms. The van der Waals surface area contributed by atoms with Crippen molar-refractivity contribution >= 4 is 17.3 Å². The number of hydrogen-bond donors (Lipinski definition) is 2. The van der Waals surface area contributed by atoms with Gasteiger partial charge in [-0.3, -0.25) is 0 Å². The molecular weight excluding hydrogens is 300 g/mol. The van der Waals surface area contributed by atoms with Crippen LogP contribution in [0.5, 0.6) is 0 Å². The zero-order valence-electron chi connectivity index (χ0n) is 10.1. The highest BCUT2D eigenvalue weighted by atomic mass is 19.4. The maximum absolute atomic E-state index is 13.4. The van der Waals surface area contributed by atoms with E-state index in [9.17, 15) is 26.3 Å². The molecule has 2 rings (SSSR count). The van der Waals surface area contributed by atoms with Gasteiger partial charge in [0.25, 0.3) is 0 Å². The van der Waals surface area contributed by atoms with Crippen LogP contribution in [-0.4, -0.2) is 4.98 Å². The average Bonchev–Trinajstić information content (AvgIpc) is 2.32. The number of anilines is 3. The lowest BCUT2D eigenvalue weighted by Crippen LogP contribution is -2.09. The fourth-order valence-electron chi connectivity index (χ4n) is 1.57. The Labute approximate surface area is 114 Å². The molecule has 0 aliphatic heterocycles. The lowest BCUT2D eigenvalue weighted by atomic mass is 10.2. The summed E-state index contributed by atoms with van der Waals surface area (Å²) in [4.78, 5) is 3.49. The van der Waals surface area contributed by atoms with E-state index in [2.05, 4.69) is 4.98 Å². The zero-order valence-corrected chi connectivity index (χ0v) is 10.1. The molecule has 0 atom stereocenters. The van der Waals surface area contributed by atoms with Gasteiger partial charge >= 0.3 is 6.18 Å². The molecule has 1 aromatic heterocycles. The Kier molecular flexibility index (Phi) is 3.67. The van der Waals surface area contributed by atoms with Gasteiger partial charge in [0, 0.05) is 12.1 Å². The summed E-state index contributed by atoms with van der Waals surface area (Å²) >= 11 is 0. The summed E-state index contributed by atoms with van der Waals surface area (Å²) in [6.07, 6.45) is -4.70. The van der Waals surface area contributed by atoms with Gasteiger partial charge in [-0.2, -0.15) is 13.2 Å². The quantitative estimate of drug-likeness (QED) is 0.829. The number of hydrogen-bond acceptors (Lipinski definition) is 3. The first-order valence-electron chi connectivity index (χ1n) is 5.43. The number of benzene rings is 1. The minimum absolute atomic E-state index is 0.377. The van der Waals surface area contributed by atoms with E-state index in [4.69, 9.17) is 5.73 Å². The third-order valence-electron chi connectivity index (χ3n) is 2.43. The number of nitrogen functional groups attached to an aromatic ring is 1. The second-order valence-corrected chi connectivity index (χ2v) is 4.03. The molecule has 0 aliphatic carbocycles. The minimum atomic E-state index is -4.70. The second kappa shape index (κ2) is 5.15. The van der Waals surface area contributed by atoms with Crippen LogP contribution in [0.15, 0.2) is 24.3 Å². The van der Waals surface area contributed by atoms with Crippen LogP contribution in [0.4, 0.5) is 43.7 Å². The van der Waals surface area contributed by atoms with E-state index in [-0.39, 0.29) is 0 Å². The van der Waals surface area contributed by atoms with Crippen molar-refractivity contribution in [1.29, 1.82) is 0 Å². The number of alkyl halides is 3. The maximum Gasteiger partial charge on any atom is 0.416 e. The lowest BCUT2D eigenvalue weighted by molar-refractivity contribution is -0.137. The molecule has 0 saturated heterocycles. The Morgan fingerprint density at radius 2 is 1.52 bits per heavy atom. The third kappa shape index (κ3) is 3.36. The lowest BCUT2D eigenvalue weighted by Gasteiger charge is -2.12. The summed E-state index contributed by atoms with van der Waals surface area (Å²) in [5, 5.41) is 2.01. The Bertz CT molecular complexity index is 660. The predicted octanol–water partition coefficient (Wildman–Crippen LogP) is 3.84. The molecule has 0 bridgehead atoms. The first kappa shape index (κ1) is 14.9. The smallest absolute Gasteiger partial charge is 0.384 e. The number of aromatic nitrogens is 1. The summed E-state index contributed by atoms with van der Waals surface area (Å²) in [6, 6.07) is 1.85. The van der Waals surface area contributed by atoms with Gasteiger partial charge in [0.15, 0.2) is 11.6 Å². The summed E-state index contributed by atoms with van der Waals surface area (Å²) in [6.45, 7) is 0. The number of nitrogens with one attached hydrogen (secondary N) is 1. The Morgan fingerprint density at radius 1 is 0.952 bits per heavy atom. The standard InChI is InChI=1S/C12H7F6N3/c13-6-3-7(14)11(8(15)4-6)21-10-2-5(12(16,17)18)1-9(19)20-10/h1-4H,(H3,19,20,21). The van der Waals surface area contributed by atoms with Gasteiger partial charge in [0.2, 0.25) is 0 Å². The van der Waals surface area contributed by atoms with Gasteiger partial charge in [-0.1, -0.05) is 0 Å². The molecule has 2 aromatic rings. The molecule has 0 spiro atoms. The van der Waals surface area contributed by atoms with E-state index < -0.39 is 46.5 Å². The predicted molar refractivity (Wildman–Crippen MR) is 63.3 cm³/mol. The van der Waals surface area contributed by atoms with Crippen molar-refractivity contribution in [2.24, 2.45) is 0 Å². The molecular formula is C12H7F6N3. The van der Waals surface area contributed by atoms with E-state index in [0.717, 1.165) is 0 Å². The van der Waals surface area contributed by atoms with Crippen molar-refractivity contribution < 1.29 is 26.3 Å². The summed E-state index contributed by atoms with van der Waals surface area (Å²) < 4.78 is 77.3. The molecule has 3 nitrogen and oxygen atoms in total. The summed E-state index contributed by atoms with van der Waals surface area (Å²) in [5.74, 6) is -4.80. The number of pyridine rings is 1. The van der Waals surface area contributed by atoms with Gasteiger partial charge in [0.05, 0.1) is 5.56 Å². The SMILES string of the molecule is Nc1cc(C(F)(F)F)cc(Nc2c(F)cc(F)cc2F)n1. The molecule has 1 heterocycles. The highest BCUT2D eigenvalue weighted by Crippen LogP contribution is 2.32. The number of nitrogens with two attached hydrogens (primary N) is 1. The van der Waals surface area contributed by atoms with E-state index in [1.165, 1.54) is 0 Å². The fourth-order valence-corrected chi connectivity index (χ4v) is 1.57. The van der Waals surface area contributed by atoms with Crippen molar-refractivity contribution in [3.05, 3.63) is 47.3 Å². The first-order chi connectivity index (χ1) is 9.66. The van der Waals surface area contributed by atoms with Crippen LogP contribution in [0.1, 0.15) is 5.56 Å². The van der Waals surface area contributed by atoms with Crippen molar-refractivity contribution in [1.82, 2.24) is 4.98 Å². The van der Waals surface area contributed by atoms with Gasteiger partial charge in [-0.25, -0.2) is 18.2 Å². The van der Waals surface area contributed by atoms with Crippen molar-refractivity contribution in [2.75, 3.05) is 11.1 Å². The number of halogens is 6. The number of rotatable bonds is 2. The maximum atomic E-state index is 13.4. The van der Waals surface area contributed by atoms with Gasteiger partial charge in [-0.05, 0) is 12.1 Å². The second-order valence-electron chi connectivity index (χ2n) is 4.03. The Balaban J connectivity index is 2.43. The van der Waals surface area contributed by atoms with E-state index in [0.29, 0.717) is 24.3 Å². The average molecular weight is 307 g/mol. The van der Waals surface area contributed by atoms with Gasteiger partial charge in [-0.15, -0.1) is 0 Å². The highest BCUT2D eigenvalue weighted by Gasteiger charge is 2.31. The van der Waals surface area contributed by atoms with Crippen LogP contribution >= 0.6 is 0 Å². The zero-order chi connectivity index (χ0) is 15.8. The number of nitrogens with zero attached hydrogens (tertiary/aromatic N) is 1. The van der Waals surface area contributed by atoms with Crippen molar-refractivity contribution in [2.45, 2.75) is 6.18 Å². The first-order valence-corrected chi connectivity index (χ1v) is 5.43. The van der Waals surface area contributed by atoms with Crippen LogP contribution in [-0.2, 0) is 6.18 Å². The Hall–Kier alpha value is -2.45. The molecule has 112 valence electrons. The van der Waals surface area contributed by atoms with E-state index >= 15 is 0 Å². The molecule has 0 fully saturated rings. The van der Waals surface area contributed by atoms with Crippen molar-refractivity contribution in [3.8, 4) is 0 Å². The highest BCUT2D eigenvalue weighted by molar-refractivity contribution is 5.60. The molecule has 1 aromatic carbocycles. The molecule has 3 N–H and O–H groups in total. The Morgan fingerprint density at radius 3 is 2.05 bits per heavy atom. The molecule has 0 saturated carbocycles. The van der Waals surface area contributed by atoms with Crippen LogP contribution in [0.2, 0.25) is 0 Å². The molecule has 0 unspecified atom stereocenters. The normalized spacial score (nSPS) is 11.5. The molecule has 0 amide bonds. The summed E-state index contributed by atoms with van der Waals surface area (Å²) in [5.41, 5.74) is 3.24. The molecule has 0 aliphatic rings. The van der Waals surface area contributed by atoms with Crippen LogP contribution in [0.25, 0.3) is 0 Å². The summed E-state index contributed by atoms with van der Waals surface area (Å²) in [7, 11) is 0. The van der Waals surface area contributed by atoms with Crippen LogP contribution < -0.4 is 11.1 Å². The fraction of sp³-hybridized carbons (Fsp3) is 0.0833. The van der Waals surface area contributed by atoms with Crippen LogP contribution in [0, 0.1) is 17.5 Å². The van der Waals surface area contributed by atoms with Gasteiger partial charge in [0.1, 0.15) is 23.1 Å². The monoisotopic (exact) mass is 307 g/mol. The van der Waals surface area contributed by atoms with E-state index in [1.807, 2.05) is 5.32 Å². The topological polar surface area (TPSA) is 50.9 Å². The molecule has 21 heavy (non-hydrogen) atoms. The molecule has 0 radical (unpaired) electrons. The van der Waals surface area contributed by atoms with Gasteiger partial charge < -0.3 is 11.1 Å². The largest absolute Gasteiger partial charge is 0.416 e.